The molecule has 1 N–H and O–H groups in total. The summed E-state index contributed by atoms with van der Waals surface area (Å²) < 4.78 is 30.7. The lowest BCUT2D eigenvalue weighted by Gasteiger charge is -2.22. The van der Waals surface area contributed by atoms with E-state index in [-0.39, 0.29) is 14.4 Å². The number of hydrogen-bond acceptors (Lipinski definition) is 4. The summed E-state index contributed by atoms with van der Waals surface area (Å²) in [5, 5.41) is 9.02. The molecule has 0 radical (unpaired) electrons. The number of methoxy groups -OCH3 is 1. The van der Waals surface area contributed by atoms with Gasteiger partial charge in [-0.3, -0.25) is 4.79 Å². The molecule has 0 heterocycles. The third-order valence-electron chi connectivity index (χ3n) is 2.77. The van der Waals surface area contributed by atoms with Gasteiger partial charge in [0.2, 0.25) is 10.0 Å². The van der Waals surface area contributed by atoms with Crippen molar-refractivity contribution in [1.82, 2.24) is 4.31 Å². The Bertz CT molecular complexity index is 634. The second-order valence-corrected chi connectivity index (χ2v) is 7.18. The number of halogens is 2. The lowest BCUT2D eigenvalue weighted by Crippen LogP contribution is -2.40. The van der Waals surface area contributed by atoms with Gasteiger partial charge in [-0.2, -0.15) is 4.31 Å². The normalized spacial score (nSPS) is 13.3. The maximum atomic E-state index is 12.4. The molecule has 1 unspecified atom stereocenters. The number of benzene rings is 1. The standard InChI is InChI=1S/C11H13BrClNO5S/c1-6(11(15)16)14(2)20(17,18)10-5-8(13)9(19-3)4-7(10)12/h4-6H,1-3H3,(H,15,16). The van der Waals surface area contributed by atoms with Crippen LogP contribution in [0.5, 0.6) is 5.75 Å². The third-order valence-corrected chi connectivity index (χ3v) is 5.95. The first-order valence-corrected chi connectivity index (χ1v) is 7.98. The van der Waals surface area contributed by atoms with E-state index in [0.29, 0.717) is 5.75 Å². The lowest BCUT2D eigenvalue weighted by atomic mass is 10.3. The fourth-order valence-corrected chi connectivity index (χ4v) is 4.01. The van der Waals surface area contributed by atoms with Crippen LogP contribution in [0.15, 0.2) is 21.5 Å². The van der Waals surface area contributed by atoms with Gasteiger partial charge in [0.25, 0.3) is 0 Å². The van der Waals surface area contributed by atoms with E-state index in [2.05, 4.69) is 15.9 Å². The minimum Gasteiger partial charge on any atom is -0.495 e. The molecule has 0 spiro atoms. The summed E-state index contributed by atoms with van der Waals surface area (Å²) in [5.41, 5.74) is 0. The van der Waals surface area contributed by atoms with Crippen LogP contribution in [0.1, 0.15) is 6.92 Å². The van der Waals surface area contributed by atoms with Crippen molar-refractivity contribution in [3.05, 3.63) is 21.6 Å². The van der Waals surface area contributed by atoms with E-state index in [1.165, 1.54) is 33.2 Å². The average Bonchev–Trinajstić information content (AvgIpc) is 2.38. The van der Waals surface area contributed by atoms with Gasteiger partial charge in [0, 0.05) is 11.5 Å². The Balaban J connectivity index is 3.36. The molecule has 0 saturated carbocycles. The fraction of sp³-hybridized carbons (Fsp3) is 0.364. The molecule has 1 atom stereocenters. The van der Waals surface area contributed by atoms with E-state index in [9.17, 15) is 13.2 Å². The average molecular weight is 387 g/mol. The van der Waals surface area contributed by atoms with E-state index in [4.69, 9.17) is 21.4 Å². The van der Waals surface area contributed by atoms with Crippen LogP contribution in [0.2, 0.25) is 5.02 Å². The van der Waals surface area contributed by atoms with Gasteiger partial charge in [-0.15, -0.1) is 0 Å². The molecule has 6 nitrogen and oxygen atoms in total. The molecule has 0 aliphatic rings. The van der Waals surface area contributed by atoms with Crippen LogP contribution in [-0.4, -0.2) is 44.0 Å². The van der Waals surface area contributed by atoms with Gasteiger partial charge in [-0.05, 0) is 35.0 Å². The second kappa shape index (κ2) is 6.30. The smallest absolute Gasteiger partial charge is 0.321 e. The minimum absolute atomic E-state index is 0.116. The van der Waals surface area contributed by atoms with E-state index in [1.807, 2.05) is 0 Å². The van der Waals surface area contributed by atoms with E-state index in [1.54, 1.807) is 0 Å². The number of carboxylic acids is 1. The first kappa shape index (κ1) is 17.2. The van der Waals surface area contributed by atoms with Crippen molar-refractivity contribution in [2.75, 3.05) is 14.2 Å². The van der Waals surface area contributed by atoms with E-state index >= 15 is 0 Å². The largest absolute Gasteiger partial charge is 0.495 e. The lowest BCUT2D eigenvalue weighted by molar-refractivity contribution is -0.140. The number of rotatable bonds is 5. The Kier molecular flexibility index (Phi) is 5.42. The summed E-state index contributed by atoms with van der Waals surface area (Å²) in [7, 11) is -1.40. The van der Waals surface area contributed by atoms with Crippen molar-refractivity contribution >= 4 is 43.5 Å². The van der Waals surface area contributed by atoms with Gasteiger partial charge in [0.1, 0.15) is 11.8 Å². The quantitative estimate of drug-likeness (QED) is 0.839. The molecular weight excluding hydrogens is 374 g/mol. The molecule has 0 aromatic heterocycles. The number of sulfonamides is 1. The summed E-state index contributed by atoms with van der Waals surface area (Å²) in [4.78, 5) is 10.8. The fourth-order valence-electron chi connectivity index (χ4n) is 1.38. The van der Waals surface area contributed by atoms with Gasteiger partial charge in [0.05, 0.1) is 17.0 Å². The number of aliphatic carboxylic acids is 1. The Hall–Kier alpha value is -0.830. The van der Waals surface area contributed by atoms with Crippen LogP contribution in [0.3, 0.4) is 0 Å². The van der Waals surface area contributed by atoms with Crippen LogP contribution in [-0.2, 0) is 14.8 Å². The molecule has 1 rings (SSSR count). The second-order valence-electron chi connectivity index (χ2n) is 3.95. The zero-order valence-corrected chi connectivity index (χ0v) is 14.1. The van der Waals surface area contributed by atoms with Gasteiger partial charge in [0.15, 0.2) is 0 Å². The highest BCUT2D eigenvalue weighted by Crippen LogP contribution is 2.35. The van der Waals surface area contributed by atoms with Crippen molar-refractivity contribution < 1.29 is 23.1 Å². The third kappa shape index (κ3) is 3.25. The van der Waals surface area contributed by atoms with Crippen LogP contribution in [0.25, 0.3) is 0 Å². The van der Waals surface area contributed by atoms with Gasteiger partial charge in [-0.25, -0.2) is 8.42 Å². The minimum atomic E-state index is -4.00. The highest BCUT2D eigenvalue weighted by molar-refractivity contribution is 9.10. The first-order chi connectivity index (χ1) is 9.12. The number of nitrogens with zero attached hydrogens (tertiary/aromatic N) is 1. The van der Waals surface area contributed by atoms with Crippen LogP contribution in [0, 0.1) is 0 Å². The maximum absolute atomic E-state index is 12.4. The van der Waals surface area contributed by atoms with Crippen molar-refractivity contribution in [1.29, 1.82) is 0 Å². The van der Waals surface area contributed by atoms with Crippen LogP contribution in [0.4, 0.5) is 0 Å². The molecule has 0 bridgehead atoms. The Morgan fingerprint density at radius 2 is 2.05 bits per heavy atom. The highest BCUT2D eigenvalue weighted by Gasteiger charge is 2.31. The molecule has 1 aromatic carbocycles. The maximum Gasteiger partial charge on any atom is 0.321 e. The summed E-state index contributed by atoms with van der Waals surface area (Å²) in [6.07, 6.45) is 0. The molecule has 9 heteroatoms. The van der Waals surface area contributed by atoms with Crippen molar-refractivity contribution in [3.8, 4) is 5.75 Å². The van der Waals surface area contributed by atoms with Gasteiger partial charge >= 0.3 is 5.97 Å². The predicted molar refractivity (Wildman–Crippen MR) is 77.8 cm³/mol. The van der Waals surface area contributed by atoms with E-state index < -0.39 is 22.0 Å². The monoisotopic (exact) mass is 385 g/mol. The molecule has 112 valence electrons. The Labute approximate surface area is 130 Å². The number of carbonyl (C=O) groups is 1. The molecule has 0 amide bonds. The Morgan fingerprint density at radius 3 is 2.50 bits per heavy atom. The summed E-state index contributed by atoms with van der Waals surface area (Å²) in [6.45, 7) is 1.28. The first-order valence-electron chi connectivity index (χ1n) is 5.36. The van der Waals surface area contributed by atoms with Gasteiger partial charge < -0.3 is 9.84 Å². The SMILES string of the molecule is COc1cc(Br)c(S(=O)(=O)N(C)C(C)C(=O)O)cc1Cl. The molecular formula is C11H13BrClNO5S. The molecule has 1 aromatic rings. The molecule has 20 heavy (non-hydrogen) atoms. The molecule has 0 fully saturated rings. The zero-order chi connectivity index (χ0) is 15.7. The van der Waals surface area contributed by atoms with Crippen molar-refractivity contribution in [2.45, 2.75) is 17.9 Å². The summed E-state index contributed by atoms with van der Waals surface area (Å²) in [5.74, 6) is -0.932. The van der Waals surface area contributed by atoms with Crippen molar-refractivity contribution in [2.24, 2.45) is 0 Å². The highest BCUT2D eigenvalue weighted by atomic mass is 79.9. The number of hydrogen-bond donors (Lipinski definition) is 1. The predicted octanol–water partition coefficient (Wildman–Crippen LogP) is 2.20. The number of likely N-dealkylation sites (N-methyl/N-ethyl adjacent to an activating group) is 1. The number of ether oxygens (including phenoxy) is 1. The molecule has 0 saturated heterocycles. The Morgan fingerprint density at radius 1 is 1.50 bits per heavy atom. The number of carboxylic acid groups (broad SMARTS) is 1. The van der Waals surface area contributed by atoms with Crippen LogP contribution < -0.4 is 4.74 Å². The van der Waals surface area contributed by atoms with Crippen molar-refractivity contribution in [3.63, 3.8) is 0 Å². The zero-order valence-electron chi connectivity index (χ0n) is 10.9. The summed E-state index contributed by atoms with van der Waals surface area (Å²) in [6, 6.07) is 1.42. The van der Waals surface area contributed by atoms with E-state index in [0.717, 1.165) is 4.31 Å². The van der Waals surface area contributed by atoms with Gasteiger partial charge in [-0.1, -0.05) is 11.6 Å². The molecule has 0 aliphatic carbocycles. The van der Waals surface area contributed by atoms with Crippen LogP contribution >= 0.6 is 27.5 Å². The topological polar surface area (TPSA) is 83.9 Å². The summed E-state index contributed by atoms with van der Waals surface area (Å²) >= 11 is 9.03. The molecule has 0 aliphatic heterocycles.